The summed E-state index contributed by atoms with van der Waals surface area (Å²) in [6.07, 6.45) is 2.44. The lowest BCUT2D eigenvalue weighted by atomic mass is 10.1. The molecule has 0 saturated heterocycles. The third-order valence-electron chi connectivity index (χ3n) is 3.90. The summed E-state index contributed by atoms with van der Waals surface area (Å²) in [5, 5.41) is 10.3. The van der Waals surface area contributed by atoms with E-state index >= 15 is 0 Å². The van der Waals surface area contributed by atoms with Crippen LogP contribution >= 0.6 is 0 Å². The van der Waals surface area contributed by atoms with Crippen molar-refractivity contribution in [2.45, 2.75) is 24.2 Å². The SMILES string of the molecule is CS(=O)(=O)c1ccc(Cc2nnc(NC(=O)CCc3ccccc3)o2)cc1. The fraction of sp³-hybridized carbons (Fsp3) is 0.211. The first-order chi connectivity index (χ1) is 12.9. The van der Waals surface area contributed by atoms with Crippen LogP contribution in [0.15, 0.2) is 63.9 Å². The van der Waals surface area contributed by atoms with Crippen LogP contribution in [0.25, 0.3) is 0 Å². The first kappa shape index (κ1) is 18.8. The van der Waals surface area contributed by atoms with E-state index in [0.717, 1.165) is 17.4 Å². The molecule has 2 aromatic carbocycles. The van der Waals surface area contributed by atoms with Crippen molar-refractivity contribution in [2.24, 2.45) is 0 Å². The fourth-order valence-electron chi connectivity index (χ4n) is 2.49. The second-order valence-electron chi connectivity index (χ2n) is 6.13. The molecule has 0 unspecified atom stereocenters. The van der Waals surface area contributed by atoms with Crippen LogP contribution in [0.5, 0.6) is 0 Å². The van der Waals surface area contributed by atoms with E-state index in [2.05, 4.69) is 15.5 Å². The number of nitrogens with one attached hydrogen (secondary N) is 1. The number of rotatable bonds is 7. The van der Waals surface area contributed by atoms with Crippen molar-refractivity contribution in [3.8, 4) is 0 Å². The van der Waals surface area contributed by atoms with E-state index in [9.17, 15) is 13.2 Å². The number of carbonyl (C=O) groups excluding carboxylic acids is 1. The Morgan fingerprint density at radius 2 is 1.70 bits per heavy atom. The molecule has 3 rings (SSSR count). The van der Waals surface area contributed by atoms with E-state index < -0.39 is 9.84 Å². The summed E-state index contributed by atoms with van der Waals surface area (Å²) in [6.45, 7) is 0. The number of amides is 1. The molecule has 8 heteroatoms. The Bertz CT molecular complexity index is 1010. The summed E-state index contributed by atoms with van der Waals surface area (Å²) >= 11 is 0. The molecule has 0 bridgehead atoms. The van der Waals surface area contributed by atoms with Crippen molar-refractivity contribution in [2.75, 3.05) is 11.6 Å². The summed E-state index contributed by atoms with van der Waals surface area (Å²) in [4.78, 5) is 12.2. The van der Waals surface area contributed by atoms with Crippen LogP contribution in [-0.2, 0) is 27.5 Å². The van der Waals surface area contributed by atoms with Gasteiger partial charge < -0.3 is 4.42 Å². The smallest absolute Gasteiger partial charge is 0.322 e. The maximum Gasteiger partial charge on any atom is 0.322 e. The molecule has 0 fully saturated rings. The predicted octanol–water partition coefficient (Wildman–Crippen LogP) is 2.64. The minimum Gasteiger partial charge on any atom is -0.407 e. The van der Waals surface area contributed by atoms with Crippen molar-refractivity contribution in [1.82, 2.24) is 10.2 Å². The molecule has 1 heterocycles. The quantitative estimate of drug-likeness (QED) is 0.671. The Balaban J connectivity index is 1.54. The molecule has 0 spiro atoms. The molecule has 1 aromatic heterocycles. The number of hydrogen-bond donors (Lipinski definition) is 1. The summed E-state index contributed by atoms with van der Waals surface area (Å²) in [5.74, 6) is 0.132. The van der Waals surface area contributed by atoms with E-state index in [4.69, 9.17) is 4.42 Å². The molecule has 3 aromatic rings. The van der Waals surface area contributed by atoms with Gasteiger partial charge in [-0.3, -0.25) is 10.1 Å². The Kier molecular flexibility index (Phi) is 5.66. The summed E-state index contributed by atoms with van der Waals surface area (Å²) < 4.78 is 28.4. The van der Waals surface area contributed by atoms with E-state index in [1.807, 2.05) is 30.3 Å². The second kappa shape index (κ2) is 8.13. The zero-order valence-corrected chi connectivity index (χ0v) is 15.6. The van der Waals surface area contributed by atoms with Gasteiger partial charge in [0.1, 0.15) is 0 Å². The third kappa shape index (κ3) is 5.49. The molecule has 0 saturated carbocycles. The minimum atomic E-state index is -3.23. The lowest BCUT2D eigenvalue weighted by Crippen LogP contribution is -2.12. The third-order valence-corrected chi connectivity index (χ3v) is 5.03. The van der Waals surface area contributed by atoms with E-state index in [0.29, 0.717) is 25.2 Å². The molecule has 0 radical (unpaired) electrons. The van der Waals surface area contributed by atoms with Gasteiger partial charge in [0.2, 0.25) is 11.8 Å². The average Bonchev–Trinajstić information content (AvgIpc) is 3.07. The zero-order valence-electron chi connectivity index (χ0n) is 14.8. The highest BCUT2D eigenvalue weighted by atomic mass is 32.2. The van der Waals surface area contributed by atoms with Crippen molar-refractivity contribution in [3.05, 3.63) is 71.6 Å². The first-order valence-corrected chi connectivity index (χ1v) is 10.2. The average molecular weight is 385 g/mol. The number of hydrogen-bond acceptors (Lipinski definition) is 6. The van der Waals surface area contributed by atoms with Gasteiger partial charge in [-0.2, -0.15) is 0 Å². The lowest BCUT2D eigenvalue weighted by molar-refractivity contribution is -0.116. The van der Waals surface area contributed by atoms with Crippen molar-refractivity contribution in [1.29, 1.82) is 0 Å². The van der Waals surface area contributed by atoms with Crippen molar-refractivity contribution in [3.63, 3.8) is 0 Å². The van der Waals surface area contributed by atoms with Gasteiger partial charge in [0.25, 0.3) is 0 Å². The number of aromatic nitrogens is 2. The van der Waals surface area contributed by atoms with Gasteiger partial charge in [-0.25, -0.2) is 8.42 Å². The molecular weight excluding hydrogens is 366 g/mol. The second-order valence-corrected chi connectivity index (χ2v) is 8.14. The van der Waals surface area contributed by atoms with Gasteiger partial charge in [-0.05, 0) is 29.7 Å². The van der Waals surface area contributed by atoms with Crippen LogP contribution in [0.2, 0.25) is 0 Å². The van der Waals surface area contributed by atoms with Gasteiger partial charge >= 0.3 is 6.01 Å². The fourth-order valence-corrected chi connectivity index (χ4v) is 3.12. The Labute approximate surface area is 157 Å². The Hall–Kier alpha value is -3.00. The summed E-state index contributed by atoms with van der Waals surface area (Å²) in [6, 6.07) is 16.2. The molecule has 0 aliphatic rings. The van der Waals surface area contributed by atoms with Gasteiger partial charge in [0.15, 0.2) is 9.84 Å². The molecule has 0 atom stereocenters. The molecule has 140 valence electrons. The van der Waals surface area contributed by atoms with Crippen LogP contribution in [-0.4, -0.2) is 30.8 Å². The largest absolute Gasteiger partial charge is 0.407 e. The number of nitrogens with zero attached hydrogens (tertiary/aromatic N) is 2. The Morgan fingerprint density at radius 3 is 2.37 bits per heavy atom. The molecule has 0 aliphatic heterocycles. The van der Waals surface area contributed by atoms with E-state index in [1.165, 1.54) is 12.1 Å². The number of sulfone groups is 1. The van der Waals surface area contributed by atoms with Crippen LogP contribution in [0.4, 0.5) is 6.01 Å². The maximum absolute atomic E-state index is 12.0. The van der Waals surface area contributed by atoms with Crippen molar-refractivity contribution < 1.29 is 17.6 Å². The highest BCUT2D eigenvalue weighted by molar-refractivity contribution is 7.90. The number of carbonyl (C=O) groups is 1. The minimum absolute atomic E-state index is 0.0517. The Morgan fingerprint density at radius 1 is 1.00 bits per heavy atom. The van der Waals surface area contributed by atoms with Crippen LogP contribution in [0, 0.1) is 0 Å². The molecule has 0 aliphatic carbocycles. The summed E-state index contributed by atoms with van der Waals surface area (Å²) in [5.41, 5.74) is 1.91. The molecule has 7 nitrogen and oxygen atoms in total. The van der Waals surface area contributed by atoms with E-state index in [-0.39, 0.29) is 16.8 Å². The number of aryl methyl sites for hydroxylation is 1. The molecule has 1 N–H and O–H groups in total. The number of benzene rings is 2. The van der Waals surface area contributed by atoms with Crippen LogP contribution < -0.4 is 5.32 Å². The highest BCUT2D eigenvalue weighted by Crippen LogP contribution is 2.15. The van der Waals surface area contributed by atoms with Gasteiger partial charge in [-0.15, -0.1) is 5.10 Å². The standard InChI is InChI=1S/C19H19N3O4S/c1-27(24,25)16-10-7-15(8-11-16)13-18-21-22-19(26-18)20-17(23)12-9-14-5-3-2-4-6-14/h2-8,10-11H,9,12-13H2,1H3,(H,20,22,23). The molecule has 27 heavy (non-hydrogen) atoms. The summed E-state index contributed by atoms with van der Waals surface area (Å²) in [7, 11) is -3.23. The lowest BCUT2D eigenvalue weighted by Gasteiger charge is -2.01. The van der Waals surface area contributed by atoms with Crippen LogP contribution in [0.1, 0.15) is 23.4 Å². The first-order valence-electron chi connectivity index (χ1n) is 8.35. The highest BCUT2D eigenvalue weighted by Gasteiger charge is 2.11. The van der Waals surface area contributed by atoms with Crippen LogP contribution in [0.3, 0.4) is 0 Å². The maximum atomic E-state index is 12.0. The topological polar surface area (TPSA) is 102 Å². The zero-order chi connectivity index (χ0) is 19.3. The normalized spacial score (nSPS) is 11.3. The monoisotopic (exact) mass is 385 g/mol. The van der Waals surface area contributed by atoms with Gasteiger partial charge in [0, 0.05) is 12.7 Å². The predicted molar refractivity (Wildman–Crippen MR) is 100 cm³/mol. The number of anilines is 1. The molecule has 1 amide bonds. The van der Waals surface area contributed by atoms with Gasteiger partial charge in [0.05, 0.1) is 11.3 Å². The van der Waals surface area contributed by atoms with Gasteiger partial charge in [-0.1, -0.05) is 47.6 Å². The van der Waals surface area contributed by atoms with E-state index in [1.54, 1.807) is 12.1 Å². The van der Waals surface area contributed by atoms with Crippen molar-refractivity contribution >= 4 is 21.8 Å². The molecular formula is C19H19N3O4S.